The van der Waals surface area contributed by atoms with Gasteiger partial charge < -0.3 is 14.9 Å². The third-order valence-electron chi connectivity index (χ3n) is 4.41. The number of carbonyl (C=O) groups is 1. The second kappa shape index (κ2) is 3.52. The molecule has 1 saturated carbocycles. The van der Waals surface area contributed by atoms with Gasteiger partial charge in [-0.2, -0.15) is 0 Å². The average molecular weight is 228 g/mol. The van der Waals surface area contributed by atoms with Crippen LogP contribution in [0.4, 0.5) is 0 Å². The first-order chi connectivity index (χ1) is 7.37. The van der Waals surface area contributed by atoms with Crippen LogP contribution in [0, 0.1) is 17.3 Å². The van der Waals surface area contributed by atoms with Crippen molar-refractivity contribution in [3.05, 3.63) is 0 Å². The van der Waals surface area contributed by atoms with E-state index in [-0.39, 0.29) is 36.9 Å². The summed E-state index contributed by atoms with van der Waals surface area (Å²) in [5.74, 6) is -0.128. The summed E-state index contributed by atoms with van der Waals surface area (Å²) >= 11 is 0. The third kappa shape index (κ3) is 1.44. The number of aliphatic hydroxyl groups is 2. The normalized spacial score (nSPS) is 41.0. The van der Waals surface area contributed by atoms with Gasteiger partial charge >= 0.3 is 0 Å². The van der Waals surface area contributed by atoms with Crippen LogP contribution in [0.5, 0.6) is 0 Å². The number of carbonyl (C=O) groups excluding carboxylic acids is 1. The van der Waals surface area contributed by atoms with Gasteiger partial charge in [0.05, 0.1) is 6.10 Å². The molecule has 2 fully saturated rings. The molecule has 92 valence electrons. The Balaban J connectivity index is 2.25. The summed E-state index contributed by atoms with van der Waals surface area (Å²) in [6, 6.07) is 0. The highest BCUT2D eigenvalue weighted by molar-refractivity contribution is 5.95. The zero-order valence-electron chi connectivity index (χ0n) is 10.1. The van der Waals surface area contributed by atoms with Crippen LogP contribution in [0.25, 0.3) is 0 Å². The minimum atomic E-state index is -0.602. The fourth-order valence-corrected chi connectivity index (χ4v) is 3.16. The number of aliphatic hydroxyl groups excluding tert-OH is 2. The zero-order chi connectivity index (χ0) is 12.1. The molecule has 0 radical (unpaired) electrons. The van der Waals surface area contributed by atoms with Crippen LogP contribution in [0.1, 0.15) is 27.2 Å². The van der Waals surface area contributed by atoms with Crippen molar-refractivity contribution in [3.8, 4) is 0 Å². The van der Waals surface area contributed by atoms with Gasteiger partial charge in [-0.3, -0.25) is 4.79 Å². The molecule has 2 N–H and O–H groups in total. The van der Waals surface area contributed by atoms with Crippen LogP contribution in [-0.2, 0) is 9.53 Å². The molecule has 2 aliphatic rings. The van der Waals surface area contributed by atoms with Gasteiger partial charge in [-0.05, 0) is 19.3 Å². The Morgan fingerprint density at radius 2 is 1.94 bits per heavy atom. The zero-order valence-corrected chi connectivity index (χ0v) is 10.1. The highest BCUT2D eigenvalue weighted by Crippen LogP contribution is 2.55. The molecule has 1 aliphatic carbocycles. The molecular formula is C12H20O4. The minimum absolute atomic E-state index is 0.00410. The molecule has 4 nitrogen and oxygen atoms in total. The molecule has 16 heavy (non-hydrogen) atoms. The molecule has 0 aromatic heterocycles. The molecule has 0 bridgehead atoms. The van der Waals surface area contributed by atoms with Gasteiger partial charge in [-0.15, -0.1) is 0 Å². The first-order valence-electron chi connectivity index (χ1n) is 5.82. The molecule has 0 amide bonds. The fourth-order valence-electron chi connectivity index (χ4n) is 3.16. The standard InChI is InChI=1S/C12H20O4/c1-11(2)8(7(5-13)6-14)4-9-12(3,16-9)10(11)15/h7-9,13-14H,4-6H2,1-3H3/t8-,9-,12-/m0/s1. The van der Waals surface area contributed by atoms with Crippen LogP contribution in [0.15, 0.2) is 0 Å². The molecule has 0 aromatic rings. The summed E-state index contributed by atoms with van der Waals surface area (Å²) in [6.45, 7) is 5.45. The van der Waals surface area contributed by atoms with E-state index in [1.165, 1.54) is 0 Å². The predicted octanol–water partition coefficient (Wildman–Crippen LogP) is 0.360. The summed E-state index contributed by atoms with van der Waals surface area (Å²) in [5.41, 5.74) is -1.13. The number of hydrogen-bond acceptors (Lipinski definition) is 4. The Morgan fingerprint density at radius 3 is 2.44 bits per heavy atom. The first-order valence-corrected chi connectivity index (χ1v) is 5.82. The third-order valence-corrected chi connectivity index (χ3v) is 4.41. The van der Waals surface area contributed by atoms with Crippen LogP contribution in [0.3, 0.4) is 0 Å². The Labute approximate surface area is 95.6 Å². The lowest BCUT2D eigenvalue weighted by molar-refractivity contribution is -0.138. The van der Waals surface area contributed by atoms with Crippen LogP contribution < -0.4 is 0 Å². The van der Waals surface area contributed by atoms with E-state index in [0.717, 1.165) is 6.42 Å². The van der Waals surface area contributed by atoms with Crippen LogP contribution in [-0.4, -0.2) is 40.9 Å². The van der Waals surface area contributed by atoms with Crippen molar-refractivity contribution in [1.82, 2.24) is 0 Å². The van der Waals surface area contributed by atoms with E-state index < -0.39 is 11.0 Å². The highest BCUT2D eigenvalue weighted by Gasteiger charge is 2.67. The molecule has 0 unspecified atom stereocenters. The molecule has 2 rings (SSSR count). The fraction of sp³-hybridized carbons (Fsp3) is 0.917. The second-order valence-electron chi connectivity index (χ2n) is 5.73. The Kier molecular flexibility index (Phi) is 2.64. The van der Waals surface area contributed by atoms with Gasteiger partial charge in [0, 0.05) is 24.5 Å². The van der Waals surface area contributed by atoms with Crippen molar-refractivity contribution in [2.24, 2.45) is 17.3 Å². The lowest BCUT2D eigenvalue weighted by Crippen LogP contribution is -2.50. The summed E-state index contributed by atoms with van der Waals surface area (Å²) in [6.07, 6.45) is 0.736. The van der Waals surface area contributed by atoms with Gasteiger partial charge in [0.2, 0.25) is 0 Å². The molecule has 1 aliphatic heterocycles. The maximum Gasteiger partial charge on any atom is 0.172 e. The average Bonchev–Trinajstić information content (AvgIpc) is 2.89. The molecule has 4 heteroatoms. The van der Waals surface area contributed by atoms with Gasteiger partial charge in [-0.1, -0.05) is 13.8 Å². The number of ether oxygens (including phenoxy) is 1. The summed E-state index contributed by atoms with van der Waals surface area (Å²) in [7, 11) is 0. The lowest BCUT2D eigenvalue weighted by atomic mass is 9.60. The number of epoxide rings is 1. The van der Waals surface area contributed by atoms with E-state index in [2.05, 4.69) is 0 Å². The summed E-state index contributed by atoms with van der Waals surface area (Å²) in [4.78, 5) is 12.3. The maximum absolute atomic E-state index is 12.3. The summed E-state index contributed by atoms with van der Waals surface area (Å²) in [5, 5.41) is 18.5. The number of fused-ring (bicyclic) bond motifs is 1. The molecule has 0 spiro atoms. The maximum atomic E-state index is 12.3. The summed E-state index contributed by atoms with van der Waals surface area (Å²) < 4.78 is 5.47. The van der Waals surface area contributed by atoms with E-state index >= 15 is 0 Å². The SMILES string of the molecule is CC1(C)C(=O)[C@@]2(C)O[C@H]2C[C@H]1C(CO)CO. The van der Waals surface area contributed by atoms with Crippen molar-refractivity contribution in [1.29, 1.82) is 0 Å². The van der Waals surface area contributed by atoms with Crippen molar-refractivity contribution in [2.45, 2.75) is 38.9 Å². The minimum Gasteiger partial charge on any atom is -0.396 e. The van der Waals surface area contributed by atoms with E-state index in [4.69, 9.17) is 4.74 Å². The van der Waals surface area contributed by atoms with Gasteiger partial charge in [0.15, 0.2) is 11.4 Å². The Hall–Kier alpha value is -0.450. The number of ketones is 1. The van der Waals surface area contributed by atoms with Gasteiger partial charge in [0.1, 0.15) is 0 Å². The Bertz CT molecular complexity index is 308. The van der Waals surface area contributed by atoms with Crippen LogP contribution >= 0.6 is 0 Å². The number of hydrogen-bond donors (Lipinski definition) is 2. The van der Waals surface area contributed by atoms with E-state index in [1.807, 2.05) is 20.8 Å². The van der Waals surface area contributed by atoms with Crippen molar-refractivity contribution < 1.29 is 19.7 Å². The van der Waals surface area contributed by atoms with Gasteiger partial charge in [0.25, 0.3) is 0 Å². The molecule has 1 saturated heterocycles. The molecular weight excluding hydrogens is 208 g/mol. The van der Waals surface area contributed by atoms with Crippen molar-refractivity contribution >= 4 is 5.78 Å². The molecule has 0 aromatic carbocycles. The van der Waals surface area contributed by atoms with E-state index in [1.54, 1.807) is 0 Å². The topological polar surface area (TPSA) is 70.1 Å². The predicted molar refractivity (Wildman–Crippen MR) is 57.8 cm³/mol. The van der Waals surface area contributed by atoms with Crippen molar-refractivity contribution in [3.63, 3.8) is 0 Å². The van der Waals surface area contributed by atoms with Crippen LogP contribution in [0.2, 0.25) is 0 Å². The second-order valence-corrected chi connectivity index (χ2v) is 5.73. The molecule has 1 heterocycles. The lowest BCUT2D eigenvalue weighted by Gasteiger charge is -2.41. The largest absolute Gasteiger partial charge is 0.396 e. The van der Waals surface area contributed by atoms with E-state index in [0.29, 0.717) is 0 Å². The van der Waals surface area contributed by atoms with E-state index in [9.17, 15) is 15.0 Å². The monoisotopic (exact) mass is 228 g/mol. The van der Waals surface area contributed by atoms with Gasteiger partial charge in [-0.25, -0.2) is 0 Å². The highest BCUT2D eigenvalue weighted by atomic mass is 16.6. The first kappa shape index (κ1) is 12.0. The Morgan fingerprint density at radius 1 is 1.38 bits per heavy atom. The van der Waals surface area contributed by atoms with Crippen molar-refractivity contribution in [2.75, 3.05) is 13.2 Å². The number of rotatable bonds is 3. The molecule has 3 atom stereocenters. The number of Topliss-reactive ketones (excluding diaryl/α,β-unsaturated/α-hetero) is 1. The smallest absolute Gasteiger partial charge is 0.172 e. The quantitative estimate of drug-likeness (QED) is 0.684.